The second kappa shape index (κ2) is 8.70. The third kappa shape index (κ3) is 5.30. The minimum absolute atomic E-state index is 0.00288. The van der Waals surface area contributed by atoms with Gasteiger partial charge in [-0.05, 0) is 49.7 Å². The van der Waals surface area contributed by atoms with Crippen molar-refractivity contribution in [1.29, 1.82) is 0 Å². The first kappa shape index (κ1) is 23.1. The maximum absolute atomic E-state index is 13.3. The summed E-state index contributed by atoms with van der Waals surface area (Å²) in [7, 11) is -3.24. The van der Waals surface area contributed by atoms with Crippen LogP contribution in [0.2, 0.25) is 0 Å². The summed E-state index contributed by atoms with van der Waals surface area (Å²) in [5.74, 6) is 0.137. The van der Waals surface area contributed by atoms with E-state index in [1.54, 1.807) is 30.3 Å². The van der Waals surface area contributed by atoms with E-state index in [-0.39, 0.29) is 35.3 Å². The molecular formula is C24H22F3NO4S. The molecule has 4 rings (SSSR count). The number of nitrogens with zero attached hydrogens (tertiary/aromatic N) is 1. The number of rotatable bonds is 5. The van der Waals surface area contributed by atoms with Gasteiger partial charge in [0.25, 0.3) is 5.91 Å². The van der Waals surface area contributed by atoms with Gasteiger partial charge in [-0.25, -0.2) is 8.42 Å². The van der Waals surface area contributed by atoms with Gasteiger partial charge >= 0.3 is 6.18 Å². The van der Waals surface area contributed by atoms with Gasteiger partial charge in [0, 0.05) is 17.2 Å². The molecule has 0 aliphatic carbocycles. The highest BCUT2D eigenvalue weighted by molar-refractivity contribution is 7.91. The summed E-state index contributed by atoms with van der Waals surface area (Å²) in [6.45, 7) is 1.86. The molecule has 1 fully saturated rings. The third-order valence-electron chi connectivity index (χ3n) is 5.64. The number of amides is 1. The van der Waals surface area contributed by atoms with E-state index in [2.05, 4.69) is 0 Å². The smallest absolute Gasteiger partial charge is 0.416 e. The molecule has 0 N–H and O–H groups in total. The van der Waals surface area contributed by atoms with E-state index in [0.29, 0.717) is 17.7 Å². The van der Waals surface area contributed by atoms with Gasteiger partial charge in [-0.3, -0.25) is 4.79 Å². The fourth-order valence-electron chi connectivity index (χ4n) is 3.97. The lowest BCUT2D eigenvalue weighted by Gasteiger charge is -2.27. The lowest BCUT2D eigenvalue weighted by Crippen LogP contribution is -2.40. The molecule has 1 aliphatic heterocycles. The molecule has 5 nitrogen and oxygen atoms in total. The van der Waals surface area contributed by atoms with Gasteiger partial charge in [-0.2, -0.15) is 13.2 Å². The van der Waals surface area contributed by atoms with E-state index >= 15 is 0 Å². The van der Waals surface area contributed by atoms with Crippen LogP contribution in [0.15, 0.2) is 65.1 Å². The summed E-state index contributed by atoms with van der Waals surface area (Å²) < 4.78 is 69.1. The molecule has 2 aromatic carbocycles. The van der Waals surface area contributed by atoms with Crippen molar-refractivity contribution in [2.45, 2.75) is 32.1 Å². The lowest BCUT2D eigenvalue weighted by atomic mass is 10.1. The lowest BCUT2D eigenvalue weighted by molar-refractivity contribution is -0.137. The van der Waals surface area contributed by atoms with E-state index in [0.717, 1.165) is 17.7 Å². The van der Waals surface area contributed by atoms with Gasteiger partial charge in [0.2, 0.25) is 0 Å². The number of carbonyl (C=O) groups is 1. The van der Waals surface area contributed by atoms with Gasteiger partial charge in [0.05, 0.1) is 23.6 Å². The highest BCUT2D eigenvalue weighted by Gasteiger charge is 2.36. The molecule has 3 aromatic rings. The number of halogens is 3. The quantitative estimate of drug-likeness (QED) is 0.513. The normalized spacial score (nSPS) is 17.8. The second-order valence-corrected chi connectivity index (χ2v) is 10.4. The third-order valence-corrected chi connectivity index (χ3v) is 7.39. The molecule has 0 unspecified atom stereocenters. The SMILES string of the molecule is Cc1cccc(C(=O)N(Cc2ccc(-c3cccc(C(F)(F)F)c3)o2)[C@H]2CCS(=O)(=O)C2)c1. The van der Waals surface area contributed by atoms with Crippen molar-refractivity contribution in [3.63, 3.8) is 0 Å². The van der Waals surface area contributed by atoms with Crippen molar-refractivity contribution in [1.82, 2.24) is 4.90 Å². The zero-order valence-corrected chi connectivity index (χ0v) is 18.6. The molecule has 2 heterocycles. The Kier molecular flexibility index (Phi) is 6.09. The van der Waals surface area contributed by atoms with E-state index in [1.807, 2.05) is 13.0 Å². The molecule has 1 aromatic heterocycles. The van der Waals surface area contributed by atoms with Gasteiger partial charge < -0.3 is 9.32 Å². The second-order valence-electron chi connectivity index (χ2n) is 8.20. The van der Waals surface area contributed by atoms with E-state index in [4.69, 9.17) is 4.42 Å². The minimum Gasteiger partial charge on any atom is -0.459 e. The number of benzene rings is 2. The average molecular weight is 478 g/mol. The summed E-state index contributed by atoms with van der Waals surface area (Å²) in [6, 6.07) is 14.4. The summed E-state index contributed by atoms with van der Waals surface area (Å²) in [5, 5.41) is 0. The Labute approximate surface area is 189 Å². The van der Waals surface area contributed by atoms with Crippen LogP contribution in [0.1, 0.15) is 33.7 Å². The number of carbonyl (C=O) groups excluding carboxylic acids is 1. The van der Waals surface area contributed by atoms with Crippen LogP contribution in [0.3, 0.4) is 0 Å². The maximum atomic E-state index is 13.3. The monoisotopic (exact) mass is 477 g/mol. The standard InChI is InChI=1S/C24H22F3NO4S/c1-16-4-2-6-18(12-16)23(29)28(20-10-11-33(30,31)15-20)14-21-8-9-22(32-21)17-5-3-7-19(13-17)24(25,26)27/h2-9,12-13,20H,10-11,14-15H2,1H3/t20-/m0/s1. The molecule has 0 spiro atoms. The van der Waals surface area contributed by atoms with Crippen LogP contribution < -0.4 is 0 Å². The number of hydrogen-bond acceptors (Lipinski definition) is 4. The first-order valence-corrected chi connectivity index (χ1v) is 12.2. The first-order valence-electron chi connectivity index (χ1n) is 10.4. The Morgan fingerprint density at radius 2 is 1.85 bits per heavy atom. The number of alkyl halides is 3. The van der Waals surface area contributed by atoms with Gasteiger partial charge in [-0.1, -0.05) is 29.8 Å². The fourth-order valence-corrected chi connectivity index (χ4v) is 5.70. The summed E-state index contributed by atoms with van der Waals surface area (Å²) in [4.78, 5) is 14.8. The number of hydrogen-bond donors (Lipinski definition) is 0. The van der Waals surface area contributed by atoms with E-state index in [9.17, 15) is 26.4 Å². The summed E-state index contributed by atoms with van der Waals surface area (Å²) in [6.07, 6.45) is -4.16. The van der Waals surface area contributed by atoms with Crippen LogP contribution in [0.25, 0.3) is 11.3 Å². The van der Waals surface area contributed by atoms with E-state index in [1.165, 1.54) is 17.0 Å². The van der Waals surface area contributed by atoms with Crippen LogP contribution in [-0.4, -0.2) is 36.8 Å². The van der Waals surface area contributed by atoms with Crippen LogP contribution in [0.4, 0.5) is 13.2 Å². The molecule has 0 radical (unpaired) electrons. The molecular weight excluding hydrogens is 455 g/mol. The van der Waals surface area contributed by atoms with Crippen LogP contribution >= 0.6 is 0 Å². The molecule has 0 saturated carbocycles. The van der Waals surface area contributed by atoms with E-state index < -0.39 is 27.6 Å². The Hall–Kier alpha value is -3.07. The number of aryl methyl sites for hydroxylation is 1. The predicted molar refractivity (Wildman–Crippen MR) is 117 cm³/mol. The fraction of sp³-hybridized carbons (Fsp3) is 0.292. The first-order chi connectivity index (χ1) is 15.5. The van der Waals surface area contributed by atoms with Gasteiger partial charge in [0.1, 0.15) is 11.5 Å². The van der Waals surface area contributed by atoms with Gasteiger partial charge in [0.15, 0.2) is 9.84 Å². The largest absolute Gasteiger partial charge is 0.459 e. The molecule has 1 atom stereocenters. The maximum Gasteiger partial charge on any atom is 0.416 e. The number of sulfone groups is 1. The van der Waals surface area contributed by atoms with Crippen LogP contribution in [-0.2, 0) is 22.6 Å². The predicted octanol–water partition coefficient (Wildman–Crippen LogP) is 5.10. The molecule has 33 heavy (non-hydrogen) atoms. The minimum atomic E-state index is -4.48. The van der Waals surface area contributed by atoms with Crippen molar-refractivity contribution < 1.29 is 30.8 Å². The zero-order valence-electron chi connectivity index (χ0n) is 17.8. The highest BCUT2D eigenvalue weighted by Crippen LogP contribution is 2.33. The topological polar surface area (TPSA) is 67.6 Å². The van der Waals surface area contributed by atoms with Crippen molar-refractivity contribution in [2.75, 3.05) is 11.5 Å². The summed E-state index contributed by atoms with van der Waals surface area (Å²) >= 11 is 0. The van der Waals surface area contributed by atoms with Crippen molar-refractivity contribution in [3.8, 4) is 11.3 Å². The molecule has 9 heteroatoms. The Morgan fingerprint density at radius 3 is 2.52 bits per heavy atom. The zero-order chi connectivity index (χ0) is 23.8. The molecule has 0 bridgehead atoms. The van der Waals surface area contributed by atoms with Crippen LogP contribution in [0, 0.1) is 6.92 Å². The Morgan fingerprint density at radius 1 is 1.09 bits per heavy atom. The van der Waals surface area contributed by atoms with Crippen molar-refractivity contribution in [2.24, 2.45) is 0 Å². The van der Waals surface area contributed by atoms with Crippen molar-refractivity contribution >= 4 is 15.7 Å². The Bertz CT molecular complexity index is 1280. The Balaban J connectivity index is 1.62. The molecule has 174 valence electrons. The molecule has 1 aliphatic rings. The van der Waals surface area contributed by atoms with Gasteiger partial charge in [-0.15, -0.1) is 0 Å². The van der Waals surface area contributed by atoms with Crippen LogP contribution in [0.5, 0.6) is 0 Å². The average Bonchev–Trinajstić information content (AvgIpc) is 3.37. The molecule has 1 saturated heterocycles. The number of furan rings is 1. The van der Waals surface area contributed by atoms with Crippen molar-refractivity contribution in [3.05, 3.63) is 83.1 Å². The highest BCUT2D eigenvalue weighted by atomic mass is 32.2. The molecule has 1 amide bonds. The summed E-state index contributed by atoms with van der Waals surface area (Å²) in [5.41, 5.74) is 0.801.